The molecule has 0 amide bonds. The minimum Gasteiger partial charge on any atom is -0.491 e. The highest BCUT2D eigenvalue weighted by Gasteiger charge is 2.29. The number of hydrogen-bond acceptors (Lipinski definition) is 2. The zero-order valence-electron chi connectivity index (χ0n) is 13.9. The Kier molecular flexibility index (Phi) is 6.25. The van der Waals surface area contributed by atoms with Gasteiger partial charge < -0.3 is 15.4 Å². The highest BCUT2D eigenvalue weighted by molar-refractivity contribution is 7.80. The molecule has 3 nitrogen and oxygen atoms in total. The predicted octanol–water partition coefficient (Wildman–Crippen LogP) is 4.77. The first kappa shape index (κ1) is 19.1. The maximum atomic E-state index is 12.5. The van der Waals surface area contributed by atoms with E-state index in [1.54, 1.807) is 0 Å². The minimum atomic E-state index is -4.35. The number of anilines is 1. The zero-order chi connectivity index (χ0) is 18.4. The van der Waals surface area contributed by atoms with Crippen LogP contribution in [0.15, 0.2) is 48.5 Å². The molecule has 2 rings (SSSR count). The summed E-state index contributed by atoms with van der Waals surface area (Å²) in [5.74, 6) is 0.765. The van der Waals surface area contributed by atoms with Gasteiger partial charge in [-0.05, 0) is 62.5 Å². The molecule has 1 atom stereocenters. The number of alkyl halides is 3. The number of benzene rings is 2. The summed E-state index contributed by atoms with van der Waals surface area (Å²) in [5.41, 5.74) is 0.939. The Bertz CT molecular complexity index is 700. The van der Waals surface area contributed by atoms with Gasteiger partial charge >= 0.3 is 6.18 Å². The number of ether oxygens (including phenoxy) is 1. The third-order valence-corrected chi connectivity index (χ3v) is 3.59. The first-order valence-electron chi connectivity index (χ1n) is 7.68. The lowest BCUT2D eigenvalue weighted by molar-refractivity contribution is -0.137. The Morgan fingerprint density at radius 3 is 2.24 bits per heavy atom. The van der Waals surface area contributed by atoms with Gasteiger partial charge in [-0.25, -0.2) is 0 Å². The van der Waals surface area contributed by atoms with Gasteiger partial charge in [-0.2, -0.15) is 13.2 Å². The van der Waals surface area contributed by atoms with Crippen LogP contribution in [0.2, 0.25) is 0 Å². The van der Waals surface area contributed by atoms with E-state index in [1.165, 1.54) is 12.1 Å². The predicted molar refractivity (Wildman–Crippen MR) is 96.9 cm³/mol. The summed E-state index contributed by atoms with van der Waals surface area (Å²) in [5, 5.41) is 6.20. The van der Waals surface area contributed by atoms with Gasteiger partial charge in [0.15, 0.2) is 5.11 Å². The monoisotopic (exact) mass is 368 g/mol. The van der Waals surface area contributed by atoms with E-state index in [4.69, 9.17) is 17.0 Å². The molecule has 7 heteroatoms. The fourth-order valence-electron chi connectivity index (χ4n) is 2.03. The number of thiocarbonyl (C=S) groups is 1. The zero-order valence-corrected chi connectivity index (χ0v) is 14.7. The molecule has 0 aliphatic heterocycles. The highest BCUT2D eigenvalue weighted by atomic mass is 32.1. The van der Waals surface area contributed by atoms with Crippen LogP contribution in [0.25, 0.3) is 0 Å². The summed E-state index contributed by atoms with van der Waals surface area (Å²) in [7, 11) is 0. The summed E-state index contributed by atoms with van der Waals surface area (Å²) in [6, 6.07) is 12.3. The van der Waals surface area contributed by atoms with Gasteiger partial charge in [0, 0.05) is 5.69 Å². The molecule has 0 spiro atoms. The van der Waals surface area contributed by atoms with E-state index in [0.717, 1.165) is 23.4 Å². The molecule has 0 saturated heterocycles. The van der Waals surface area contributed by atoms with E-state index in [-0.39, 0.29) is 6.04 Å². The largest absolute Gasteiger partial charge is 0.491 e. The topological polar surface area (TPSA) is 33.3 Å². The fourth-order valence-corrected chi connectivity index (χ4v) is 2.35. The Morgan fingerprint density at radius 1 is 1.08 bits per heavy atom. The number of aryl methyl sites for hydroxylation is 1. The van der Waals surface area contributed by atoms with Crippen molar-refractivity contribution in [3.63, 3.8) is 0 Å². The summed E-state index contributed by atoms with van der Waals surface area (Å²) >= 11 is 5.17. The number of halogens is 3. The lowest BCUT2D eigenvalue weighted by atomic mass is 10.2. The highest BCUT2D eigenvalue weighted by Crippen LogP contribution is 2.29. The van der Waals surface area contributed by atoms with Crippen molar-refractivity contribution >= 4 is 23.0 Å². The van der Waals surface area contributed by atoms with Gasteiger partial charge in [0.2, 0.25) is 0 Å². The van der Waals surface area contributed by atoms with Crippen LogP contribution >= 0.6 is 12.2 Å². The fraction of sp³-hybridized carbons (Fsp3) is 0.278. The number of rotatable bonds is 5. The average molecular weight is 368 g/mol. The van der Waals surface area contributed by atoms with E-state index in [9.17, 15) is 13.2 Å². The van der Waals surface area contributed by atoms with Crippen molar-refractivity contribution in [1.29, 1.82) is 0 Å². The quantitative estimate of drug-likeness (QED) is 0.745. The van der Waals surface area contributed by atoms with Crippen LogP contribution in [0.1, 0.15) is 18.1 Å². The molecular weight excluding hydrogens is 349 g/mol. The van der Waals surface area contributed by atoms with E-state index in [2.05, 4.69) is 10.6 Å². The van der Waals surface area contributed by atoms with Crippen LogP contribution < -0.4 is 15.4 Å². The maximum absolute atomic E-state index is 12.5. The van der Waals surface area contributed by atoms with Crippen molar-refractivity contribution in [3.8, 4) is 5.75 Å². The van der Waals surface area contributed by atoms with Gasteiger partial charge in [-0.15, -0.1) is 0 Å². The van der Waals surface area contributed by atoms with E-state index in [0.29, 0.717) is 17.4 Å². The maximum Gasteiger partial charge on any atom is 0.416 e. The van der Waals surface area contributed by atoms with Crippen molar-refractivity contribution in [1.82, 2.24) is 5.32 Å². The first-order valence-corrected chi connectivity index (χ1v) is 8.09. The van der Waals surface area contributed by atoms with E-state index in [1.807, 2.05) is 38.1 Å². The third-order valence-electron chi connectivity index (χ3n) is 3.37. The molecule has 2 aromatic rings. The van der Waals surface area contributed by atoms with Gasteiger partial charge in [0.1, 0.15) is 12.4 Å². The average Bonchev–Trinajstić information content (AvgIpc) is 2.54. The van der Waals surface area contributed by atoms with Crippen molar-refractivity contribution in [2.24, 2.45) is 0 Å². The molecule has 134 valence electrons. The van der Waals surface area contributed by atoms with Gasteiger partial charge in [0.25, 0.3) is 0 Å². The van der Waals surface area contributed by atoms with Crippen molar-refractivity contribution in [3.05, 3.63) is 59.7 Å². The third kappa shape index (κ3) is 6.26. The Labute approximate surface area is 150 Å². The minimum absolute atomic E-state index is 0.0734. The molecule has 0 saturated carbocycles. The summed E-state index contributed by atoms with van der Waals surface area (Å²) in [4.78, 5) is 0. The molecule has 0 aromatic heterocycles. The Morgan fingerprint density at radius 2 is 1.68 bits per heavy atom. The Balaban J connectivity index is 1.80. The molecule has 0 unspecified atom stereocenters. The van der Waals surface area contributed by atoms with Crippen molar-refractivity contribution < 1.29 is 17.9 Å². The molecule has 0 aliphatic rings. The summed E-state index contributed by atoms with van der Waals surface area (Å²) < 4.78 is 43.2. The second-order valence-electron chi connectivity index (χ2n) is 5.70. The van der Waals surface area contributed by atoms with E-state index < -0.39 is 11.7 Å². The molecule has 0 heterocycles. The van der Waals surface area contributed by atoms with Gasteiger partial charge in [0.05, 0.1) is 11.6 Å². The molecule has 2 N–H and O–H groups in total. The second-order valence-corrected chi connectivity index (χ2v) is 6.11. The molecule has 0 aliphatic carbocycles. The standard InChI is InChI=1S/C18H19F3N2OS/c1-12-3-9-16(10-4-12)24-11-13(2)22-17(25)23-15-7-5-14(6-8-15)18(19,20)21/h3-10,13H,11H2,1-2H3,(H2,22,23,25)/t13-/m0/s1. The Hall–Kier alpha value is -2.28. The second kappa shape index (κ2) is 8.20. The molecule has 0 bridgehead atoms. The van der Waals surface area contributed by atoms with Crippen LogP contribution in [0.4, 0.5) is 18.9 Å². The molecule has 25 heavy (non-hydrogen) atoms. The van der Waals surface area contributed by atoms with Gasteiger partial charge in [-0.1, -0.05) is 17.7 Å². The smallest absolute Gasteiger partial charge is 0.416 e. The van der Waals surface area contributed by atoms with Crippen LogP contribution in [-0.4, -0.2) is 17.8 Å². The normalized spacial score (nSPS) is 12.4. The molecule has 2 aromatic carbocycles. The van der Waals surface area contributed by atoms with Gasteiger partial charge in [-0.3, -0.25) is 0 Å². The SMILES string of the molecule is Cc1ccc(OC[C@H](C)NC(=S)Nc2ccc(C(F)(F)F)cc2)cc1. The molecule has 0 radical (unpaired) electrons. The van der Waals surface area contributed by atoms with E-state index >= 15 is 0 Å². The van der Waals surface area contributed by atoms with Crippen LogP contribution in [-0.2, 0) is 6.18 Å². The van der Waals surface area contributed by atoms with Crippen LogP contribution in [0.3, 0.4) is 0 Å². The van der Waals surface area contributed by atoms with Crippen molar-refractivity contribution in [2.45, 2.75) is 26.1 Å². The summed E-state index contributed by atoms with van der Waals surface area (Å²) in [6.45, 7) is 4.30. The van der Waals surface area contributed by atoms with Crippen LogP contribution in [0, 0.1) is 6.92 Å². The number of nitrogens with one attached hydrogen (secondary N) is 2. The summed E-state index contributed by atoms with van der Waals surface area (Å²) in [6.07, 6.45) is -4.35. The first-order chi connectivity index (χ1) is 11.7. The molecule has 0 fully saturated rings. The number of hydrogen-bond donors (Lipinski definition) is 2. The van der Waals surface area contributed by atoms with Crippen molar-refractivity contribution in [2.75, 3.05) is 11.9 Å². The molecular formula is C18H19F3N2OS. The lowest BCUT2D eigenvalue weighted by Gasteiger charge is -2.18. The van der Waals surface area contributed by atoms with Crippen LogP contribution in [0.5, 0.6) is 5.75 Å². The lowest BCUT2D eigenvalue weighted by Crippen LogP contribution is -2.39.